The van der Waals surface area contributed by atoms with Gasteiger partial charge in [-0.3, -0.25) is 14.6 Å². The van der Waals surface area contributed by atoms with Crippen molar-refractivity contribution in [1.29, 1.82) is 0 Å². The average molecular weight is 371 g/mol. The van der Waals surface area contributed by atoms with Crippen LogP contribution in [0.3, 0.4) is 0 Å². The predicted octanol–water partition coefficient (Wildman–Crippen LogP) is 2.38. The Bertz CT molecular complexity index is 912. The molecular weight excluding hydrogens is 342 g/mol. The number of amides is 1. The molecule has 1 N–H and O–H groups in total. The zero-order valence-corrected chi connectivity index (χ0v) is 16.9. The molecule has 1 aliphatic rings. The first-order chi connectivity index (χ1) is 12.8. The molecule has 7 heteroatoms. The van der Waals surface area contributed by atoms with Crippen molar-refractivity contribution < 1.29 is 4.79 Å². The van der Waals surface area contributed by atoms with Gasteiger partial charge >= 0.3 is 0 Å². The summed E-state index contributed by atoms with van der Waals surface area (Å²) in [6.07, 6.45) is 3.43. The molecule has 2 aromatic heterocycles. The molecule has 3 rings (SSSR count). The lowest BCUT2D eigenvalue weighted by atomic mass is 9.99. The van der Waals surface area contributed by atoms with Crippen LogP contribution in [0.4, 0.5) is 0 Å². The number of hydrogen-bond acceptors (Lipinski definition) is 4. The highest BCUT2D eigenvalue weighted by Crippen LogP contribution is 2.20. The van der Waals surface area contributed by atoms with Gasteiger partial charge in [0.1, 0.15) is 0 Å². The second kappa shape index (κ2) is 7.66. The Morgan fingerprint density at radius 1 is 1.22 bits per heavy atom. The van der Waals surface area contributed by atoms with Gasteiger partial charge in [-0.15, -0.1) is 0 Å². The maximum Gasteiger partial charge on any atom is 0.255 e. The van der Waals surface area contributed by atoms with Gasteiger partial charge in [-0.1, -0.05) is 6.92 Å². The molecule has 27 heavy (non-hydrogen) atoms. The summed E-state index contributed by atoms with van der Waals surface area (Å²) in [6, 6.07) is 0. The third kappa shape index (κ3) is 3.96. The molecule has 2 aromatic rings. The van der Waals surface area contributed by atoms with Gasteiger partial charge in [0.15, 0.2) is 0 Å². The van der Waals surface area contributed by atoms with Crippen molar-refractivity contribution in [2.24, 2.45) is 5.92 Å². The standard InChI is InChI=1S/C20H29N5O2/c1-12-7-6-10-24(11-12)18(26)9-8-17-15(4)23-25(16(17)5)20-21-14(3)13(2)19(27)22-20/h12H,6-11H2,1-5H3,(H,21,22,27)/t12-/m0/s1. The van der Waals surface area contributed by atoms with E-state index in [1.165, 1.54) is 6.42 Å². The summed E-state index contributed by atoms with van der Waals surface area (Å²) in [5.41, 5.74) is 3.99. The highest BCUT2D eigenvalue weighted by molar-refractivity contribution is 5.76. The van der Waals surface area contributed by atoms with Crippen LogP contribution < -0.4 is 5.56 Å². The molecule has 0 spiro atoms. The van der Waals surface area contributed by atoms with Gasteiger partial charge in [0, 0.05) is 36.5 Å². The van der Waals surface area contributed by atoms with E-state index >= 15 is 0 Å². The molecule has 0 aliphatic carbocycles. The highest BCUT2D eigenvalue weighted by Gasteiger charge is 2.22. The number of aryl methyl sites for hydroxylation is 2. The minimum atomic E-state index is -0.152. The molecule has 1 saturated heterocycles. The minimum absolute atomic E-state index is 0.152. The number of likely N-dealkylation sites (tertiary alicyclic amines) is 1. The summed E-state index contributed by atoms with van der Waals surface area (Å²) in [7, 11) is 0. The Labute approximate surface area is 159 Å². The van der Waals surface area contributed by atoms with Crippen molar-refractivity contribution in [1.82, 2.24) is 24.6 Å². The van der Waals surface area contributed by atoms with Gasteiger partial charge < -0.3 is 4.90 Å². The molecule has 3 heterocycles. The lowest BCUT2D eigenvalue weighted by Crippen LogP contribution is -2.39. The molecule has 0 unspecified atom stereocenters. The van der Waals surface area contributed by atoms with E-state index in [1.807, 2.05) is 25.7 Å². The van der Waals surface area contributed by atoms with Crippen LogP contribution in [0.15, 0.2) is 4.79 Å². The lowest BCUT2D eigenvalue weighted by molar-refractivity contribution is -0.132. The predicted molar refractivity (Wildman–Crippen MR) is 104 cm³/mol. The van der Waals surface area contributed by atoms with E-state index in [-0.39, 0.29) is 11.5 Å². The number of nitrogens with one attached hydrogen (secondary N) is 1. The van der Waals surface area contributed by atoms with E-state index in [0.717, 1.165) is 36.5 Å². The third-order valence-corrected chi connectivity index (χ3v) is 5.62. The first-order valence-electron chi connectivity index (χ1n) is 9.68. The molecule has 1 amide bonds. The van der Waals surface area contributed by atoms with Crippen molar-refractivity contribution in [2.75, 3.05) is 13.1 Å². The fraction of sp³-hybridized carbons (Fsp3) is 0.600. The molecule has 0 radical (unpaired) electrons. The summed E-state index contributed by atoms with van der Waals surface area (Å²) >= 11 is 0. The Kier molecular flexibility index (Phi) is 5.48. The summed E-state index contributed by atoms with van der Waals surface area (Å²) in [6.45, 7) is 11.4. The lowest BCUT2D eigenvalue weighted by Gasteiger charge is -2.31. The molecule has 0 aromatic carbocycles. The van der Waals surface area contributed by atoms with E-state index in [4.69, 9.17) is 0 Å². The average Bonchev–Trinajstić information content (AvgIpc) is 2.91. The second-order valence-corrected chi connectivity index (χ2v) is 7.75. The van der Waals surface area contributed by atoms with Crippen LogP contribution >= 0.6 is 0 Å². The van der Waals surface area contributed by atoms with Crippen molar-refractivity contribution >= 4 is 5.91 Å². The second-order valence-electron chi connectivity index (χ2n) is 7.75. The number of nitrogens with zero attached hydrogens (tertiary/aromatic N) is 4. The minimum Gasteiger partial charge on any atom is -0.342 e. The maximum atomic E-state index is 12.6. The van der Waals surface area contributed by atoms with Gasteiger partial charge in [0.2, 0.25) is 11.9 Å². The third-order valence-electron chi connectivity index (χ3n) is 5.62. The van der Waals surface area contributed by atoms with Crippen LogP contribution in [0, 0.1) is 33.6 Å². The smallest absolute Gasteiger partial charge is 0.255 e. The Morgan fingerprint density at radius 2 is 1.96 bits per heavy atom. The van der Waals surface area contributed by atoms with Crippen LogP contribution in [0.25, 0.3) is 5.95 Å². The Morgan fingerprint density at radius 3 is 2.63 bits per heavy atom. The maximum absolute atomic E-state index is 12.6. The zero-order chi connectivity index (χ0) is 19.7. The molecule has 1 aliphatic heterocycles. The van der Waals surface area contributed by atoms with E-state index < -0.39 is 0 Å². The summed E-state index contributed by atoms with van der Waals surface area (Å²) < 4.78 is 1.67. The molecule has 1 fully saturated rings. The fourth-order valence-electron chi connectivity index (χ4n) is 3.78. The van der Waals surface area contributed by atoms with Gasteiger partial charge in [0.25, 0.3) is 5.56 Å². The monoisotopic (exact) mass is 371 g/mol. The quantitative estimate of drug-likeness (QED) is 0.894. The van der Waals surface area contributed by atoms with Gasteiger partial charge in [-0.05, 0) is 58.4 Å². The van der Waals surface area contributed by atoms with Crippen molar-refractivity contribution in [2.45, 2.75) is 60.3 Å². The number of H-pyrrole nitrogens is 1. The molecule has 1 atom stereocenters. The molecule has 0 saturated carbocycles. The summed E-state index contributed by atoms with van der Waals surface area (Å²) in [5, 5.41) is 4.55. The molecule has 7 nitrogen and oxygen atoms in total. The Hall–Kier alpha value is -2.44. The number of carbonyl (C=O) groups excluding carboxylic acids is 1. The van der Waals surface area contributed by atoms with Crippen LogP contribution in [0.2, 0.25) is 0 Å². The van der Waals surface area contributed by atoms with E-state index in [2.05, 4.69) is 22.0 Å². The van der Waals surface area contributed by atoms with Gasteiger partial charge in [-0.2, -0.15) is 5.10 Å². The van der Waals surface area contributed by atoms with Gasteiger partial charge in [0.05, 0.1) is 5.69 Å². The number of aromatic amines is 1. The van der Waals surface area contributed by atoms with Crippen molar-refractivity contribution in [3.8, 4) is 5.95 Å². The largest absolute Gasteiger partial charge is 0.342 e. The first kappa shape index (κ1) is 19.3. The number of hydrogen-bond donors (Lipinski definition) is 1. The summed E-state index contributed by atoms with van der Waals surface area (Å²) in [5.74, 6) is 1.22. The van der Waals surface area contributed by atoms with Crippen molar-refractivity contribution in [3.05, 3.63) is 38.6 Å². The number of carbonyl (C=O) groups is 1. The van der Waals surface area contributed by atoms with E-state index in [9.17, 15) is 9.59 Å². The number of rotatable bonds is 4. The van der Waals surface area contributed by atoms with Crippen LogP contribution in [-0.2, 0) is 11.2 Å². The van der Waals surface area contributed by atoms with Crippen LogP contribution in [0.5, 0.6) is 0 Å². The zero-order valence-electron chi connectivity index (χ0n) is 16.9. The topological polar surface area (TPSA) is 83.9 Å². The highest BCUT2D eigenvalue weighted by atomic mass is 16.2. The SMILES string of the molecule is Cc1nn(-c2nc(C)c(C)c(=O)[nH]2)c(C)c1CCC(=O)N1CCC[C@H](C)C1. The van der Waals surface area contributed by atoms with Crippen LogP contribution in [-0.4, -0.2) is 43.6 Å². The van der Waals surface area contributed by atoms with E-state index in [0.29, 0.717) is 36.0 Å². The molecule has 146 valence electrons. The number of piperidine rings is 1. The fourth-order valence-corrected chi connectivity index (χ4v) is 3.78. The van der Waals surface area contributed by atoms with Crippen molar-refractivity contribution in [3.63, 3.8) is 0 Å². The number of aromatic nitrogens is 4. The summed E-state index contributed by atoms with van der Waals surface area (Å²) in [4.78, 5) is 33.9. The molecule has 0 bridgehead atoms. The van der Waals surface area contributed by atoms with Crippen LogP contribution in [0.1, 0.15) is 54.4 Å². The first-order valence-corrected chi connectivity index (χ1v) is 9.68. The Balaban J connectivity index is 1.78. The van der Waals surface area contributed by atoms with E-state index in [1.54, 1.807) is 11.6 Å². The normalized spacial score (nSPS) is 17.4. The molecular formula is C20H29N5O2. The van der Waals surface area contributed by atoms with Gasteiger partial charge in [-0.25, -0.2) is 9.67 Å².